The molecule has 5 rings (SSSR count). The van der Waals surface area contributed by atoms with E-state index in [-0.39, 0.29) is 11.6 Å². The number of nitrogens with one attached hydrogen (secondary N) is 3. The van der Waals surface area contributed by atoms with Gasteiger partial charge in [0, 0.05) is 13.1 Å². The standard InChI is InChI=1S/C23H23N5O2/c1-23(2)26-21(29)17-11-10-16(28-18-9-6-12-24-20(18)25-22(28)30)13-19(17)27(23)14-15-7-4-3-5-8-15/h3-11,13,24H,12,14H2,1-2H3,(H,25,30)(H,26,29). The molecule has 30 heavy (non-hydrogen) atoms. The van der Waals surface area contributed by atoms with Crippen LogP contribution in [0.15, 0.2) is 59.4 Å². The van der Waals surface area contributed by atoms with Crippen molar-refractivity contribution in [1.82, 2.24) is 14.9 Å². The summed E-state index contributed by atoms with van der Waals surface area (Å²) in [6.07, 6.45) is 3.91. The molecule has 2 aliphatic heterocycles. The third-order valence-corrected chi connectivity index (χ3v) is 5.66. The molecular weight excluding hydrogens is 378 g/mol. The molecule has 3 N–H and O–H groups in total. The van der Waals surface area contributed by atoms with E-state index in [0.29, 0.717) is 30.2 Å². The van der Waals surface area contributed by atoms with Crippen LogP contribution in [-0.2, 0) is 6.54 Å². The Balaban J connectivity index is 1.65. The summed E-state index contributed by atoms with van der Waals surface area (Å²) in [5.74, 6) is 0.593. The molecule has 0 saturated carbocycles. The number of hydrogen-bond acceptors (Lipinski definition) is 4. The van der Waals surface area contributed by atoms with Gasteiger partial charge in [-0.3, -0.25) is 14.3 Å². The van der Waals surface area contributed by atoms with Crippen LogP contribution in [0.4, 0.5) is 11.5 Å². The smallest absolute Gasteiger partial charge is 0.332 e. The van der Waals surface area contributed by atoms with Crippen molar-refractivity contribution in [1.29, 1.82) is 0 Å². The number of H-pyrrole nitrogens is 1. The van der Waals surface area contributed by atoms with E-state index in [0.717, 1.165) is 16.9 Å². The molecule has 0 spiro atoms. The molecule has 1 aromatic heterocycles. The second-order valence-electron chi connectivity index (χ2n) is 8.10. The average Bonchev–Trinajstić information content (AvgIpc) is 3.07. The van der Waals surface area contributed by atoms with Crippen LogP contribution in [0.5, 0.6) is 0 Å². The zero-order chi connectivity index (χ0) is 20.9. The minimum Gasteiger partial charge on any atom is -0.366 e. The van der Waals surface area contributed by atoms with Crippen LogP contribution in [0.25, 0.3) is 11.8 Å². The van der Waals surface area contributed by atoms with E-state index in [1.807, 2.05) is 56.3 Å². The molecule has 2 aliphatic rings. The summed E-state index contributed by atoms with van der Waals surface area (Å²) in [7, 11) is 0. The van der Waals surface area contributed by atoms with Crippen molar-refractivity contribution in [2.45, 2.75) is 26.1 Å². The molecule has 2 aromatic carbocycles. The highest BCUT2D eigenvalue weighted by Gasteiger charge is 2.37. The van der Waals surface area contributed by atoms with E-state index in [9.17, 15) is 9.59 Å². The van der Waals surface area contributed by atoms with Crippen molar-refractivity contribution in [2.75, 3.05) is 16.8 Å². The molecule has 1 amide bonds. The number of carbonyl (C=O) groups excluding carboxylic acids is 1. The van der Waals surface area contributed by atoms with E-state index in [2.05, 4.69) is 32.7 Å². The van der Waals surface area contributed by atoms with Gasteiger partial charge in [-0.1, -0.05) is 36.4 Å². The molecule has 0 aliphatic carbocycles. The van der Waals surface area contributed by atoms with Gasteiger partial charge in [0.2, 0.25) is 0 Å². The minimum absolute atomic E-state index is 0.115. The molecule has 3 aromatic rings. The lowest BCUT2D eigenvalue weighted by molar-refractivity contribution is 0.0897. The summed E-state index contributed by atoms with van der Waals surface area (Å²) in [6.45, 7) is 5.28. The van der Waals surface area contributed by atoms with E-state index in [1.165, 1.54) is 0 Å². The van der Waals surface area contributed by atoms with Gasteiger partial charge in [-0.2, -0.15) is 0 Å². The van der Waals surface area contributed by atoms with Crippen molar-refractivity contribution in [3.63, 3.8) is 0 Å². The molecule has 152 valence electrons. The SMILES string of the molecule is CC1(C)NC(=O)c2ccc(-n3c4c([nH]c3=O)NCC=C4)cc2N1Cc1ccccc1. The minimum atomic E-state index is -0.581. The largest absolute Gasteiger partial charge is 0.366 e. The number of anilines is 2. The molecule has 0 saturated heterocycles. The third kappa shape index (κ3) is 2.90. The van der Waals surface area contributed by atoms with E-state index >= 15 is 0 Å². The first kappa shape index (κ1) is 18.3. The number of fused-ring (bicyclic) bond motifs is 2. The Kier molecular flexibility index (Phi) is 4.06. The predicted molar refractivity (Wildman–Crippen MR) is 118 cm³/mol. The van der Waals surface area contributed by atoms with Crippen molar-refractivity contribution in [2.24, 2.45) is 0 Å². The van der Waals surface area contributed by atoms with Crippen molar-refractivity contribution in [3.8, 4) is 5.69 Å². The number of rotatable bonds is 3. The first-order valence-corrected chi connectivity index (χ1v) is 9.98. The maximum Gasteiger partial charge on any atom is 0.332 e. The van der Waals surface area contributed by atoms with Crippen LogP contribution in [0.3, 0.4) is 0 Å². The van der Waals surface area contributed by atoms with Gasteiger partial charge >= 0.3 is 5.69 Å². The van der Waals surface area contributed by atoms with Gasteiger partial charge in [-0.15, -0.1) is 0 Å². The first-order chi connectivity index (χ1) is 14.4. The first-order valence-electron chi connectivity index (χ1n) is 9.98. The summed E-state index contributed by atoms with van der Waals surface area (Å²) in [5, 5.41) is 6.27. The van der Waals surface area contributed by atoms with Crippen molar-refractivity contribution < 1.29 is 4.79 Å². The predicted octanol–water partition coefficient (Wildman–Crippen LogP) is 3.09. The van der Waals surface area contributed by atoms with E-state index in [4.69, 9.17) is 0 Å². The Bertz CT molecular complexity index is 1220. The number of benzene rings is 2. The van der Waals surface area contributed by atoms with Crippen molar-refractivity contribution in [3.05, 3.63) is 81.9 Å². The summed E-state index contributed by atoms with van der Waals surface area (Å²) in [5.41, 5.74) is 3.24. The fourth-order valence-electron chi connectivity index (χ4n) is 4.17. The summed E-state index contributed by atoms with van der Waals surface area (Å²) < 4.78 is 1.64. The van der Waals surface area contributed by atoms with Crippen LogP contribution in [0.1, 0.15) is 35.5 Å². The molecule has 7 heteroatoms. The average molecular weight is 401 g/mol. The highest BCUT2D eigenvalue weighted by Crippen LogP contribution is 2.35. The van der Waals surface area contributed by atoms with Gasteiger partial charge in [-0.05, 0) is 43.7 Å². The van der Waals surface area contributed by atoms with E-state index < -0.39 is 5.66 Å². The van der Waals surface area contributed by atoms with Crippen LogP contribution < -0.4 is 21.2 Å². The zero-order valence-electron chi connectivity index (χ0n) is 16.9. The third-order valence-electron chi connectivity index (χ3n) is 5.66. The molecule has 0 unspecified atom stereocenters. The summed E-state index contributed by atoms with van der Waals surface area (Å²) in [4.78, 5) is 30.5. The highest BCUT2D eigenvalue weighted by atomic mass is 16.2. The fourth-order valence-corrected chi connectivity index (χ4v) is 4.17. The lowest BCUT2D eigenvalue weighted by Crippen LogP contribution is -2.60. The Morgan fingerprint density at radius 2 is 1.87 bits per heavy atom. The summed E-state index contributed by atoms with van der Waals surface area (Å²) >= 11 is 0. The number of carbonyl (C=O) groups is 1. The van der Waals surface area contributed by atoms with Gasteiger partial charge in [0.25, 0.3) is 5.91 Å². The van der Waals surface area contributed by atoms with Crippen molar-refractivity contribution >= 4 is 23.5 Å². The van der Waals surface area contributed by atoms with Gasteiger partial charge in [0.1, 0.15) is 11.5 Å². The number of aromatic nitrogens is 2. The fraction of sp³-hybridized carbons (Fsp3) is 0.217. The Morgan fingerprint density at radius 3 is 2.67 bits per heavy atom. The molecule has 0 radical (unpaired) electrons. The Hall–Kier alpha value is -3.74. The lowest BCUT2D eigenvalue weighted by Gasteiger charge is -2.45. The molecule has 0 atom stereocenters. The molecule has 0 fully saturated rings. The normalized spacial score (nSPS) is 16.5. The Labute approximate surface area is 174 Å². The number of amides is 1. The van der Waals surface area contributed by atoms with Gasteiger partial charge < -0.3 is 15.5 Å². The molecular formula is C23H23N5O2. The van der Waals surface area contributed by atoms with Gasteiger partial charge in [0.15, 0.2) is 0 Å². The zero-order valence-corrected chi connectivity index (χ0v) is 16.9. The topological polar surface area (TPSA) is 82.2 Å². The monoisotopic (exact) mass is 401 g/mol. The van der Waals surface area contributed by atoms with Crippen LogP contribution in [0.2, 0.25) is 0 Å². The summed E-state index contributed by atoms with van der Waals surface area (Å²) in [6, 6.07) is 15.7. The highest BCUT2D eigenvalue weighted by molar-refractivity contribution is 6.03. The molecule has 3 heterocycles. The number of aromatic amines is 1. The second-order valence-corrected chi connectivity index (χ2v) is 8.10. The van der Waals surface area contributed by atoms with Crippen LogP contribution >= 0.6 is 0 Å². The maximum absolute atomic E-state index is 12.8. The van der Waals surface area contributed by atoms with Gasteiger partial charge in [-0.25, -0.2) is 4.79 Å². The number of nitrogens with zero attached hydrogens (tertiary/aromatic N) is 2. The quantitative estimate of drug-likeness (QED) is 0.630. The molecule has 7 nitrogen and oxygen atoms in total. The van der Waals surface area contributed by atoms with Crippen LogP contribution in [-0.4, -0.2) is 27.7 Å². The second kappa shape index (κ2) is 6.66. The maximum atomic E-state index is 12.8. The molecule has 0 bridgehead atoms. The number of hydrogen-bond donors (Lipinski definition) is 3. The van der Waals surface area contributed by atoms with Crippen LogP contribution in [0, 0.1) is 0 Å². The van der Waals surface area contributed by atoms with Gasteiger partial charge in [0.05, 0.1) is 22.6 Å². The Morgan fingerprint density at radius 1 is 1.07 bits per heavy atom. The lowest BCUT2D eigenvalue weighted by atomic mass is 9.99. The van der Waals surface area contributed by atoms with E-state index in [1.54, 1.807) is 10.6 Å². The number of imidazole rings is 1.